The number of nitro benzene ring substituents is 1. The van der Waals surface area contributed by atoms with E-state index in [9.17, 15) is 23.7 Å². The highest BCUT2D eigenvalue weighted by Crippen LogP contribution is 2.22. The Labute approximate surface area is 130 Å². The Hall–Kier alpha value is -2.84. The predicted octanol–water partition coefficient (Wildman–Crippen LogP) is 2.98. The van der Waals surface area contributed by atoms with Gasteiger partial charge < -0.3 is 5.32 Å². The number of alkyl halides is 2. The molecule has 0 fully saturated rings. The van der Waals surface area contributed by atoms with Crippen molar-refractivity contribution in [3.8, 4) is 0 Å². The largest absolute Gasteiger partial charge is 0.324 e. The van der Waals surface area contributed by atoms with Crippen LogP contribution in [-0.2, 0) is 11.3 Å². The fourth-order valence-corrected chi connectivity index (χ4v) is 2.10. The van der Waals surface area contributed by atoms with Gasteiger partial charge in [-0.25, -0.2) is 8.78 Å². The number of nitro groups is 1. The van der Waals surface area contributed by atoms with Crippen LogP contribution in [0.1, 0.15) is 23.4 Å². The number of hydrogen-bond acceptors (Lipinski definition) is 4. The highest BCUT2D eigenvalue weighted by molar-refractivity contribution is 5.91. The molecule has 1 heterocycles. The van der Waals surface area contributed by atoms with Gasteiger partial charge in [-0.15, -0.1) is 0 Å². The summed E-state index contributed by atoms with van der Waals surface area (Å²) in [5.74, 6) is -0.549. The molecule has 7 nitrogen and oxygen atoms in total. The van der Waals surface area contributed by atoms with Crippen molar-refractivity contribution < 1.29 is 18.5 Å². The molecule has 0 aliphatic heterocycles. The van der Waals surface area contributed by atoms with E-state index in [1.165, 1.54) is 24.3 Å². The average Bonchev–Trinajstić information content (AvgIpc) is 2.81. The standard InChI is InChI=1S/C14H14F2N4O3/c1-8-5-10(20(22)23)3-4-11(8)17-13(21)7-19-12(14(15)16)6-9(2)18-19/h3-6,14H,7H2,1-2H3,(H,17,21). The number of non-ortho nitro benzene ring substituents is 1. The van der Waals surface area contributed by atoms with Crippen molar-refractivity contribution in [1.29, 1.82) is 0 Å². The second-order valence-electron chi connectivity index (χ2n) is 4.97. The minimum atomic E-state index is -2.73. The first-order valence-corrected chi connectivity index (χ1v) is 6.65. The lowest BCUT2D eigenvalue weighted by Gasteiger charge is -2.10. The Morgan fingerprint density at radius 1 is 1.39 bits per heavy atom. The van der Waals surface area contributed by atoms with Crippen molar-refractivity contribution in [2.45, 2.75) is 26.8 Å². The lowest BCUT2D eigenvalue weighted by molar-refractivity contribution is -0.384. The molecule has 2 rings (SSSR count). The van der Waals surface area contributed by atoms with Crippen LogP contribution in [-0.4, -0.2) is 20.6 Å². The molecule has 0 aliphatic carbocycles. The smallest absolute Gasteiger partial charge is 0.280 e. The first-order chi connectivity index (χ1) is 10.8. The summed E-state index contributed by atoms with van der Waals surface area (Å²) in [5.41, 5.74) is 0.835. The van der Waals surface area contributed by atoms with E-state index in [2.05, 4.69) is 10.4 Å². The van der Waals surface area contributed by atoms with Crippen molar-refractivity contribution in [2.24, 2.45) is 0 Å². The third-order valence-corrected chi connectivity index (χ3v) is 3.15. The molecule has 1 amide bonds. The van der Waals surface area contributed by atoms with Crippen molar-refractivity contribution >= 4 is 17.3 Å². The fourth-order valence-electron chi connectivity index (χ4n) is 2.10. The highest BCUT2D eigenvalue weighted by Gasteiger charge is 2.18. The van der Waals surface area contributed by atoms with Gasteiger partial charge in [0.1, 0.15) is 12.2 Å². The number of rotatable bonds is 5. The molecule has 1 aromatic heterocycles. The summed E-state index contributed by atoms with van der Waals surface area (Å²) in [7, 11) is 0. The van der Waals surface area contributed by atoms with E-state index in [-0.39, 0.29) is 17.9 Å². The van der Waals surface area contributed by atoms with Crippen LogP contribution < -0.4 is 5.32 Å². The molecule has 9 heteroatoms. The number of anilines is 1. The molecule has 1 N–H and O–H groups in total. The van der Waals surface area contributed by atoms with Gasteiger partial charge in [-0.1, -0.05) is 0 Å². The third kappa shape index (κ3) is 3.87. The second kappa shape index (κ2) is 6.51. The molecule has 2 aromatic rings. The topological polar surface area (TPSA) is 90.1 Å². The van der Waals surface area contributed by atoms with E-state index in [4.69, 9.17) is 0 Å². The molecule has 0 bridgehead atoms. The molecule has 1 aromatic carbocycles. The number of aromatic nitrogens is 2. The number of nitrogens with zero attached hydrogens (tertiary/aromatic N) is 3. The molecule has 0 unspecified atom stereocenters. The molecule has 0 spiro atoms. The summed E-state index contributed by atoms with van der Waals surface area (Å²) in [4.78, 5) is 22.1. The van der Waals surface area contributed by atoms with Crippen molar-refractivity contribution in [1.82, 2.24) is 9.78 Å². The Morgan fingerprint density at radius 3 is 2.65 bits per heavy atom. The molecule has 0 saturated heterocycles. The van der Waals surface area contributed by atoms with Crippen molar-refractivity contribution in [3.05, 3.63) is 51.3 Å². The van der Waals surface area contributed by atoms with E-state index in [1.807, 2.05) is 0 Å². The van der Waals surface area contributed by atoms with Crippen LogP contribution in [0, 0.1) is 24.0 Å². The van der Waals surface area contributed by atoms with E-state index >= 15 is 0 Å². The number of aryl methyl sites for hydroxylation is 2. The van der Waals surface area contributed by atoms with Crippen LogP contribution in [0.4, 0.5) is 20.2 Å². The van der Waals surface area contributed by atoms with Crippen LogP contribution in [0.5, 0.6) is 0 Å². The first-order valence-electron chi connectivity index (χ1n) is 6.65. The molecule has 0 radical (unpaired) electrons. The van der Waals surface area contributed by atoms with Gasteiger partial charge in [-0.05, 0) is 31.5 Å². The van der Waals surface area contributed by atoms with Gasteiger partial charge in [-0.2, -0.15) is 5.10 Å². The molecule has 0 aliphatic rings. The molecular formula is C14H14F2N4O3. The van der Waals surface area contributed by atoms with E-state index < -0.39 is 17.3 Å². The molecule has 23 heavy (non-hydrogen) atoms. The summed E-state index contributed by atoms with van der Waals surface area (Å²) in [5, 5.41) is 17.1. The van der Waals surface area contributed by atoms with E-state index in [0.717, 1.165) is 4.68 Å². The summed E-state index contributed by atoms with van der Waals surface area (Å²) in [6, 6.07) is 5.19. The molecule has 122 valence electrons. The van der Waals surface area contributed by atoms with Crippen LogP contribution in [0.25, 0.3) is 0 Å². The monoisotopic (exact) mass is 324 g/mol. The second-order valence-corrected chi connectivity index (χ2v) is 4.97. The Bertz CT molecular complexity index is 758. The number of hydrogen-bond donors (Lipinski definition) is 1. The number of nitrogens with one attached hydrogen (secondary N) is 1. The number of halogens is 2. The zero-order chi connectivity index (χ0) is 17.1. The van der Waals surface area contributed by atoms with Gasteiger partial charge in [0.15, 0.2) is 0 Å². The van der Waals surface area contributed by atoms with Crippen LogP contribution >= 0.6 is 0 Å². The summed E-state index contributed by atoms with van der Waals surface area (Å²) < 4.78 is 26.6. The SMILES string of the molecule is Cc1cc(C(F)F)n(CC(=O)Nc2ccc([N+](=O)[O-])cc2C)n1. The third-order valence-electron chi connectivity index (χ3n) is 3.15. The van der Waals surface area contributed by atoms with Gasteiger partial charge in [0.2, 0.25) is 5.91 Å². The van der Waals surface area contributed by atoms with Crippen LogP contribution in [0.3, 0.4) is 0 Å². The molecular weight excluding hydrogens is 310 g/mol. The maximum absolute atomic E-state index is 12.8. The van der Waals surface area contributed by atoms with E-state index in [1.54, 1.807) is 13.8 Å². The minimum absolute atomic E-state index is 0.0943. The molecule has 0 atom stereocenters. The van der Waals surface area contributed by atoms with Crippen molar-refractivity contribution in [2.75, 3.05) is 5.32 Å². The van der Waals surface area contributed by atoms with Gasteiger partial charge in [-0.3, -0.25) is 19.6 Å². The number of amides is 1. The first kappa shape index (κ1) is 16.5. The highest BCUT2D eigenvalue weighted by atomic mass is 19.3. The van der Waals surface area contributed by atoms with Gasteiger partial charge in [0, 0.05) is 17.8 Å². The zero-order valence-electron chi connectivity index (χ0n) is 12.4. The number of carbonyl (C=O) groups excluding carboxylic acids is 1. The maximum Gasteiger partial charge on any atom is 0.280 e. The maximum atomic E-state index is 12.8. The van der Waals surface area contributed by atoms with Crippen LogP contribution in [0.2, 0.25) is 0 Å². The zero-order valence-corrected chi connectivity index (χ0v) is 12.4. The summed E-state index contributed by atoms with van der Waals surface area (Å²) in [6.45, 7) is 2.79. The summed E-state index contributed by atoms with van der Waals surface area (Å²) in [6.07, 6.45) is -2.73. The minimum Gasteiger partial charge on any atom is -0.324 e. The van der Waals surface area contributed by atoms with Crippen LogP contribution in [0.15, 0.2) is 24.3 Å². The van der Waals surface area contributed by atoms with Crippen molar-refractivity contribution in [3.63, 3.8) is 0 Å². The van der Waals surface area contributed by atoms with E-state index in [0.29, 0.717) is 16.9 Å². The van der Waals surface area contributed by atoms with Gasteiger partial charge in [0.05, 0.1) is 10.6 Å². The average molecular weight is 324 g/mol. The lowest BCUT2D eigenvalue weighted by atomic mass is 10.2. The van der Waals surface area contributed by atoms with Gasteiger partial charge >= 0.3 is 0 Å². The Morgan fingerprint density at radius 2 is 2.09 bits per heavy atom. The normalized spacial score (nSPS) is 10.8. The Kier molecular flexibility index (Phi) is 4.68. The Balaban J connectivity index is 2.13. The number of benzene rings is 1. The predicted molar refractivity (Wildman–Crippen MR) is 78.4 cm³/mol. The van der Waals surface area contributed by atoms with Gasteiger partial charge in [0.25, 0.3) is 12.1 Å². The fraction of sp³-hybridized carbons (Fsp3) is 0.286. The number of carbonyl (C=O) groups is 1. The summed E-state index contributed by atoms with van der Waals surface area (Å²) >= 11 is 0. The lowest BCUT2D eigenvalue weighted by Crippen LogP contribution is -2.21. The molecule has 0 saturated carbocycles. The quantitative estimate of drug-likeness (QED) is 0.676.